The van der Waals surface area contributed by atoms with Gasteiger partial charge in [0.05, 0.1) is 10.0 Å². The van der Waals surface area contributed by atoms with E-state index in [-0.39, 0.29) is 11.6 Å². The molecular formula is C13H10Cl2N2O2. The molecule has 0 spiro atoms. The Hall–Kier alpha value is -1.78. The molecule has 0 atom stereocenters. The summed E-state index contributed by atoms with van der Waals surface area (Å²) < 4.78 is 5.11. The Morgan fingerprint density at radius 3 is 2.84 bits per heavy atom. The molecule has 1 aromatic heterocycles. The highest BCUT2D eigenvalue weighted by Gasteiger charge is 2.13. The highest BCUT2D eigenvalue weighted by atomic mass is 35.5. The van der Waals surface area contributed by atoms with E-state index in [2.05, 4.69) is 17.1 Å². The lowest BCUT2D eigenvalue weighted by Gasteiger charge is -1.98. The first-order chi connectivity index (χ1) is 9.11. The monoisotopic (exact) mass is 296 g/mol. The van der Waals surface area contributed by atoms with Crippen LogP contribution < -0.4 is 5.32 Å². The van der Waals surface area contributed by atoms with Gasteiger partial charge in [-0.15, -0.1) is 6.58 Å². The van der Waals surface area contributed by atoms with Gasteiger partial charge in [0, 0.05) is 18.2 Å². The predicted octanol–water partition coefficient (Wildman–Crippen LogP) is 3.56. The first-order valence-corrected chi connectivity index (χ1v) is 6.18. The van der Waals surface area contributed by atoms with E-state index < -0.39 is 0 Å². The zero-order chi connectivity index (χ0) is 13.8. The van der Waals surface area contributed by atoms with Crippen LogP contribution in [0.15, 0.2) is 41.4 Å². The SMILES string of the molecule is C=CCNC(=O)c1cc(-c2ccc(Cl)c(Cl)c2)on1. The van der Waals surface area contributed by atoms with E-state index in [9.17, 15) is 4.79 Å². The van der Waals surface area contributed by atoms with Gasteiger partial charge in [-0.1, -0.05) is 34.4 Å². The number of halogens is 2. The fourth-order valence-corrected chi connectivity index (χ4v) is 1.72. The van der Waals surface area contributed by atoms with Crippen LogP contribution >= 0.6 is 23.2 Å². The molecule has 0 aliphatic heterocycles. The molecule has 4 nitrogen and oxygen atoms in total. The summed E-state index contributed by atoms with van der Waals surface area (Å²) in [6, 6.07) is 6.58. The number of rotatable bonds is 4. The van der Waals surface area contributed by atoms with E-state index in [0.717, 1.165) is 0 Å². The number of aromatic nitrogens is 1. The molecule has 0 aliphatic rings. The third-order valence-electron chi connectivity index (χ3n) is 2.35. The van der Waals surface area contributed by atoms with Crippen LogP contribution in [0.1, 0.15) is 10.5 Å². The fraction of sp³-hybridized carbons (Fsp3) is 0.0769. The molecule has 0 saturated carbocycles. The maximum absolute atomic E-state index is 11.6. The Balaban J connectivity index is 2.22. The normalized spacial score (nSPS) is 10.2. The van der Waals surface area contributed by atoms with Gasteiger partial charge < -0.3 is 9.84 Å². The smallest absolute Gasteiger partial charge is 0.273 e. The Kier molecular flexibility index (Phi) is 4.24. The lowest BCUT2D eigenvalue weighted by Crippen LogP contribution is -2.23. The van der Waals surface area contributed by atoms with Crippen LogP contribution in [-0.4, -0.2) is 17.6 Å². The van der Waals surface area contributed by atoms with Gasteiger partial charge >= 0.3 is 0 Å². The molecule has 0 unspecified atom stereocenters. The van der Waals surface area contributed by atoms with Crippen LogP contribution in [0.3, 0.4) is 0 Å². The van der Waals surface area contributed by atoms with E-state index >= 15 is 0 Å². The van der Waals surface area contributed by atoms with Crippen molar-refractivity contribution in [3.63, 3.8) is 0 Å². The van der Waals surface area contributed by atoms with Crippen molar-refractivity contribution in [2.45, 2.75) is 0 Å². The van der Waals surface area contributed by atoms with E-state index in [0.29, 0.717) is 27.9 Å². The highest BCUT2D eigenvalue weighted by Crippen LogP contribution is 2.28. The molecule has 0 aliphatic carbocycles. The summed E-state index contributed by atoms with van der Waals surface area (Å²) in [5.74, 6) is 0.122. The zero-order valence-electron chi connectivity index (χ0n) is 9.82. The molecule has 2 rings (SSSR count). The topological polar surface area (TPSA) is 55.1 Å². The molecule has 1 heterocycles. The second-order valence-corrected chi connectivity index (χ2v) is 4.52. The minimum absolute atomic E-state index is 0.197. The van der Waals surface area contributed by atoms with Crippen molar-refractivity contribution in [2.75, 3.05) is 6.54 Å². The number of benzene rings is 1. The van der Waals surface area contributed by atoms with Gasteiger partial charge in [0.25, 0.3) is 5.91 Å². The van der Waals surface area contributed by atoms with Crippen molar-refractivity contribution in [1.29, 1.82) is 0 Å². The lowest BCUT2D eigenvalue weighted by atomic mass is 10.1. The molecule has 6 heteroatoms. The molecule has 1 amide bonds. The Morgan fingerprint density at radius 1 is 1.37 bits per heavy atom. The van der Waals surface area contributed by atoms with Gasteiger partial charge in [0.2, 0.25) is 0 Å². The molecule has 0 saturated heterocycles. The predicted molar refractivity (Wildman–Crippen MR) is 74.5 cm³/mol. The van der Waals surface area contributed by atoms with Crippen molar-refractivity contribution >= 4 is 29.1 Å². The first kappa shape index (κ1) is 13.6. The standard InChI is InChI=1S/C13H10Cl2N2O2/c1-2-5-16-13(18)11-7-12(19-17-11)8-3-4-9(14)10(15)6-8/h2-4,6-7H,1,5H2,(H,16,18). The quantitative estimate of drug-likeness (QED) is 0.878. The van der Waals surface area contributed by atoms with Gasteiger partial charge in [0.15, 0.2) is 11.5 Å². The number of amides is 1. The summed E-state index contributed by atoms with van der Waals surface area (Å²) in [6.45, 7) is 3.88. The number of nitrogens with zero attached hydrogens (tertiary/aromatic N) is 1. The van der Waals surface area contributed by atoms with Crippen molar-refractivity contribution < 1.29 is 9.32 Å². The molecule has 0 bridgehead atoms. The van der Waals surface area contributed by atoms with Crippen molar-refractivity contribution in [2.24, 2.45) is 0 Å². The Labute approximate surface area is 120 Å². The minimum atomic E-state index is -0.324. The maximum Gasteiger partial charge on any atom is 0.273 e. The number of hydrogen-bond acceptors (Lipinski definition) is 3. The van der Waals surface area contributed by atoms with Gasteiger partial charge in [-0.2, -0.15) is 0 Å². The minimum Gasteiger partial charge on any atom is -0.355 e. The average molecular weight is 297 g/mol. The first-order valence-electron chi connectivity index (χ1n) is 5.43. The van der Waals surface area contributed by atoms with Gasteiger partial charge in [-0.3, -0.25) is 4.79 Å². The van der Waals surface area contributed by atoms with Gasteiger partial charge in [-0.25, -0.2) is 0 Å². The van der Waals surface area contributed by atoms with Crippen molar-refractivity contribution in [1.82, 2.24) is 10.5 Å². The molecular weight excluding hydrogens is 287 g/mol. The van der Waals surface area contributed by atoms with Gasteiger partial charge in [-0.05, 0) is 18.2 Å². The lowest BCUT2D eigenvalue weighted by molar-refractivity contribution is 0.0949. The van der Waals surface area contributed by atoms with Crippen LogP contribution in [0.4, 0.5) is 0 Å². The second kappa shape index (κ2) is 5.91. The Morgan fingerprint density at radius 2 is 2.16 bits per heavy atom. The molecule has 2 aromatic rings. The molecule has 19 heavy (non-hydrogen) atoms. The number of carbonyl (C=O) groups excluding carboxylic acids is 1. The van der Waals surface area contributed by atoms with E-state index in [4.69, 9.17) is 27.7 Å². The van der Waals surface area contributed by atoms with Gasteiger partial charge in [0.1, 0.15) is 0 Å². The molecule has 98 valence electrons. The summed E-state index contributed by atoms with van der Waals surface area (Å²) in [5, 5.41) is 7.17. The number of hydrogen-bond donors (Lipinski definition) is 1. The second-order valence-electron chi connectivity index (χ2n) is 3.70. The fourth-order valence-electron chi connectivity index (χ4n) is 1.42. The molecule has 1 aromatic carbocycles. The average Bonchev–Trinajstić information content (AvgIpc) is 2.89. The number of nitrogens with one attached hydrogen (secondary N) is 1. The Bertz CT molecular complexity index is 623. The summed E-state index contributed by atoms with van der Waals surface area (Å²) >= 11 is 11.7. The van der Waals surface area contributed by atoms with Crippen LogP contribution in [0, 0.1) is 0 Å². The molecule has 1 N–H and O–H groups in total. The van der Waals surface area contributed by atoms with E-state index in [1.165, 1.54) is 6.07 Å². The highest BCUT2D eigenvalue weighted by molar-refractivity contribution is 6.42. The van der Waals surface area contributed by atoms with Crippen LogP contribution in [-0.2, 0) is 0 Å². The van der Waals surface area contributed by atoms with Crippen molar-refractivity contribution in [3.05, 3.63) is 52.7 Å². The number of carbonyl (C=O) groups is 1. The van der Waals surface area contributed by atoms with E-state index in [1.54, 1.807) is 24.3 Å². The third-order valence-corrected chi connectivity index (χ3v) is 3.09. The summed E-state index contributed by atoms with van der Waals surface area (Å²) in [7, 11) is 0. The van der Waals surface area contributed by atoms with Crippen LogP contribution in [0.5, 0.6) is 0 Å². The van der Waals surface area contributed by atoms with Crippen LogP contribution in [0.2, 0.25) is 10.0 Å². The summed E-state index contributed by atoms with van der Waals surface area (Å²) in [5.41, 5.74) is 0.896. The molecule has 0 fully saturated rings. The van der Waals surface area contributed by atoms with E-state index in [1.807, 2.05) is 0 Å². The third kappa shape index (κ3) is 3.16. The largest absolute Gasteiger partial charge is 0.355 e. The molecule has 0 radical (unpaired) electrons. The van der Waals surface area contributed by atoms with Crippen LogP contribution in [0.25, 0.3) is 11.3 Å². The summed E-state index contributed by atoms with van der Waals surface area (Å²) in [4.78, 5) is 11.6. The summed E-state index contributed by atoms with van der Waals surface area (Å²) in [6.07, 6.45) is 1.58. The zero-order valence-corrected chi connectivity index (χ0v) is 11.3. The van der Waals surface area contributed by atoms with Crippen molar-refractivity contribution in [3.8, 4) is 11.3 Å². The maximum atomic E-state index is 11.6.